The molecule has 0 aromatic heterocycles. The Labute approximate surface area is 130 Å². The fraction of sp³-hybridized carbons (Fsp3) is 0.250. The van der Waals surface area contributed by atoms with Gasteiger partial charge in [0.2, 0.25) is 0 Å². The predicted octanol–water partition coefficient (Wildman–Crippen LogP) is 4.76. The van der Waals surface area contributed by atoms with E-state index in [1.165, 1.54) is 18.2 Å². The molecule has 5 heteroatoms. The minimum atomic E-state index is -0.608. The summed E-state index contributed by atoms with van der Waals surface area (Å²) in [4.78, 5) is 0. The van der Waals surface area contributed by atoms with Crippen LogP contribution in [0.25, 0.3) is 0 Å². The topological polar surface area (TPSA) is 12.0 Å². The number of halogens is 4. The van der Waals surface area contributed by atoms with Crippen LogP contribution >= 0.6 is 15.9 Å². The maximum absolute atomic E-state index is 13.8. The average Bonchev–Trinajstić information content (AvgIpc) is 2.44. The Balaban J connectivity index is 2.33. The van der Waals surface area contributed by atoms with E-state index in [4.69, 9.17) is 0 Å². The first kappa shape index (κ1) is 16.0. The van der Waals surface area contributed by atoms with Gasteiger partial charge in [-0.1, -0.05) is 25.1 Å². The number of likely N-dealkylation sites (N-methyl/N-ethyl adjacent to an activating group) is 1. The molecule has 0 bridgehead atoms. The summed E-state index contributed by atoms with van der Waals surface area (Å²) in [7, 11) is 0. The van der Waals surface area contributed by atoms with E-state index in [1.807, 2.05) is 6.92 Å². The van der Waals surface area contributed by atoms with Crippen LogP contribution < -0.4 is 5.32 Å². The lowest BCUT2D eigenvalue weighted by Gasteiger charge is -2.20. The second kappa shape index (κ2) is 7.09. The minimum absolute atomic E-state index is 0.264. The summed E-state index contributed by atoms with van der Waals surface area (Å²) in [6.45, 7) is 2.57. The molecule has 1 N–H and O–H groups in total. The second-order valence-corrected chi connectivity index (χ2v) is 5.49. The lowest BCUT2D eigenvalue weighted by molar-refractivity contribution is 0.515. The van der Waals surface area contributed by atoms with E-state index in [9.17, 15) is 13.2 Å². The maximum Gasteiger partial charge on any atom is 0.137 e. The molecule has 21 heavy (non-hydrogen) atoms. The normalized spacial score (nSPS) is 12.4. The highest BCUT2D eigenvalue weighted by Crippen LogP contribution is 2.29. The van der Waals surface area contributed by atoms with Crippen LogP contribution in [-0.4, -0.2) is 6.54 Å². The van der Waals surface area contributed by atoms with Crippen LogP contribution in [-0.2, 0) is 6.42 Å². The summed E-state index contributed by atoms with van der Waals surface area (Å²) in [6, 6.07) is 7.99. The Hall–Kier alpha value is -1.33. The first-order valence-electron chi connectivity index (χ1n) is 6.64. The number of benzene rings is 2. The van der Waals surface area contributed by atoms with Gasteiger partial charge in [0.15, 0.2) is 0 Å². The van der Waals surface area contributed by atoms with Gasteiger partial charge in [-0.05, 0) is 52.2 Å². The van der Waals surface area contributed by atoms with E-state index >= 15 is 0 Å². The lowest BCUT2D eigenvalue weighted by atomic mass is 9.98. The van der Waals surface area contributed by atoms with Crippen LogP contribution in [0.2, 0.25) is 0 Å². The Morgan fingerprint density at radius 2 is 1.86 bits per heavy atom. The summed E-state index contributed by atoms with van der Waals surface area (Å²) >= 11 is 3.23. The molecule has 0 aliphatic carbocycles. The quantitative estimate of drug-likeness (QED) is 0.813. The maximum atomic E-state index is 13.8. The van der Waals surface area contributed by atoms with Crippen LogP contribution in [0.5, 0.6) is 0 Å². The highest BCUT2D eigenvalue weighted by atomic mass is 79.9. The molecule has 1 nitrogen and oxygen atoms in total. The molecule has 0 fully saturated rings. The minimum Gasteiger partial charge on any atom is -0.310 e. The van der Waals surface area contributed by atoms with Crippen LogP contribution in [0.15, 0.2) is 40.9 Å². The van der Waals surface area contributed by atoms with Crippen molar-refractivity contribution in [3.8, 4) is 0 Å². The van der Waals surface area contributed by atoms with Gasteiger partial charge in [-0.2, -0.15) is 0 Å². The average molecular weight is 358 g/mol. The number of hydrogen-bond donors (Lipinski definition) is 1. The summed E-state index contributed by atoms with van der Waals surface area (Å²) in [5.74, 6) is -1.57. The molecule has 1 atom stereocenters. The van der Waals surface area contributed by atoms with Crippen molar-refractivity contribution >= 4 is 15.9 Å². The number of nitrogens with one attached hydrogen (secondary N) is 1. The van der Waals surface area contributed by atoms with E-state index in [-0.39, 0.29) is 11.9 Å². The Morgan fingerprint density at radius 3 is 2.52 bits per heavy atom. The first-order valence-corrected chi connectivity index (χ1v) is 7.43. The third kappa shape index (κ3) is 3.86. The van der Waals surface area contributed by atoms with Crippen LogP contribution in [0.3, 0.4) is 0 Å². The van der Waals surface area contributed by atoms with Gasteiger partial charge in [0, 0.05) is 12.1 Å². The summed E-state index contributed by atoms with van der Waals surface area (Å²) in [6.07, 6.45) is 0.308. The summed E-state index contributed by atoms with van der Waals surface area (Å²) in [5, 5.41) is 3.20. The van der Waals surface area contributed by atoms with Crippen molar-refractivity contribution in [3.63, 3.8) is 0 Å². The molecule has 2 aromatic rings. The molecular formula is C16H15BrF3N. The van der Waals surface area contributed by atoms with E-state index in [1.54, 1.807) is 12.1 Å². The first-order chi connectivity index (χ1) is 10.0. The van der Waals surface area contributed by atoms with E-state index in [0.717, 1.165) is 6.07 Å². The third-order valence-corrected chi connectivity index (χ3v) is 4.08. The zero-order valence-corrected chi connectivity index (χ0v) is 13.1. The van der Waals surface area contributed by atoms with Crippen molar-refractivity contribution in [1.29, 1.82) is 0 Å². The van der Waals surface area contributed by atoms with Gasteiger partial charge in [0.05, 0.1) is 4.47 Å². The van der Waals surface area contributed by atoms with Gasteiger partial charge in [-0.15, -0.1) is 0 Å². The second-order valence-electron chi connectivity index (χ2n) is 4.69. The monoisotopic (exact) mass is 357 g/mol. The van der Waals surface area contributed by atoms with Crippen LogP contribution in [0.1, 0.15) is 24.1 Å². The third-order valence-electron chi connectivity index (χ3n) is 3.25. The molecule has 2 rings (SSSR count). The Morgan fingerprint density at radius 1 is 1.10 bits per heavy atom. The van der Waals surface area contributed by atoms with E-state index < -0.39 is 11.6 Å². The molecule has 0 aliphatic rings. The lowest BCUT2D eigenvalue weighted by Crippen LogP contribution is -2.24. The van der Waals surface area contributed by atoms with Gasteiger partial charge in [-0.3, -0.25) is 0 Å². The zero-order valence-electron chi connectivity index (χ0n) is 11.5. The van der Waals surface area contributed by atoms with Gasteiger partial charge in [-0.25, -0.2) is 13.2 Å². The molecule has 1 unspecified atom stereocenters. The fourth-order valence-corrected chi connectivity index (χ4v) is 2.78. The molecule has 0 spiro atoms. The van der Waals surface area contributed by atoms with Crippen molar-refractivity contribution in [2.24, 2.45) is 0 Å². The van der Waals surface area contributed by atoms with E-state index in [0.29, 0.717) is 28.6 Å². The standard InChI is InChI=1S/C16H15BrF3N/c1-2-21-15(12-4-3-5-13(19)16(12)17)8-10-6-7-11(18)9-14(10)20/h3-7,9,15,21H,2,8H2,1H3. The summed E-state index contributed by atoms with van der Waals surface area (Å²) in [5.41, 5.74) is 1.10. The molecule has 0 heterocycles. The van der Waals surface area contributed by atoms with Crippen molar-refractivity contribution < 1.29 is 13.2 Å². The highest BCUT2D eigenvalue weighted by molar-refractivity contribution is 9.10. The summed E-state index contributed by atoms with van der Waals surface area (Å²) < 4.78 is 40.8. The van der Waals surface area contributed by atoms with Gasteiger partial charge in [0.25, 0.3) is 0 Å². The van der Waals surface area contributed by atoms with Gasteiger partial charge in [0.1, 0.15) is 17.5 Å². The fourth-order valence-electron chi connectivity index (χ4n) is 2.24. The van der Waals surface area contributed by atoms with Gasteiger partial charge >= 0.3 is 0 Å². The van der Waals surface area contributed by atoms with Crippen molar-refractivity contribution in [3.05, 3.63) is 69.4 Å². The SMILES string of the molecule is CCNC(Cc1ccc(F)cc1F)c1cccc(F)c1Br. The van der Waals surface area contributed by atoms with Crippen molar-refractivity contribution in [2.45, 2.75) is 19.4 Å². The van der Waals surface area contributed by atoms with E-state index in [2.05, 4.69) is 21.2 Å². The molecule has 2 aromatic carbocycles. The zero-order chi connectivity index (χ0) is 15.4. The predicted molar refractivity (Wildman–Crippen MR) is 80.6 cm³/mol. The molecule has 112 valence electrons. The number of rotatable bonds is 5. The molecule has 0 saturated heterocycles. The molecule has 0 amide bonds. The van der Waals surface area contributed by atoms with Crippen LogP contribution in [0.4, 0.5) is 13.2 Å². The van der Waals surface area contributed by atoms with Crippen molar-refractivity contribution in [1.82, 2.24) is 5.32 Å². The molecular weight excluding hydrogens is 343 g/mol. The van der Waals surface area contributed by atoms with Crippen molar-refractivity contribution in [2.75, 3.05) is 6.54 Å². The largest absolute Gasteiger partial charge is 0.310 e. The molecule has 0 radical (unpaired) electrons. The number of hydrogen-bond acceptors (Lipinski definition) is 1. The Kier molecular flexibility index (Phi) is 5.42. The van der Waals surface area contributed by atoms with Gasteiger partial charge < -0.3 is 5.32 Å². The molecule has 0 saturated carbocycles. The highest BCUT2D eigenvalue weighted by Gasteiger charge is 2.18. The molecule has 0 aliphatic heterocycles. The smallest absolute Gasteiger partial charge is 0.137 e. The van der Waals surface area contributed by atoms with Crippen LogP contribution in [0, 0.1) is 17.5 Å². The Bertz CT molecular complexity index is 631.